The van der Waals surface area contributed by atoms with Crippen molar-refractivity contribution in [2.24, 2.45) is 9.98 Å². The lowest BCUT2D eigenvalue weighted by atomic mass is 9.97. The summed E-state index contributed by atoms with van der Waals surface area (Å²) in [5.74, 6) is 0.843. The Kier molecular flexibility index (Phi) is 3.03. The molecule has 2 heterocycles. The number of nitrogens with zero attached hydrogens (tertiary/aromatic N) is 2. The molecule has 0 N–H and O–H groups in total. The smallest absolute Gasteiger partial charge is 0.121 e. The number of fused-ring (bicyclic) bond motifs is 3. The average molecular weight is 249 g/mol. The number of ether oxygens (including phenoxy) is 1. The third-order valence-corrected chi connectivity index (χ3v) is 2.96. The van der Waals surface area contributed by atoms with Gasteiger partial charge >= 0.3 is 0 Å². The van der Waals surface area contributed by atoms with E-state index in [4.69, 9.17) is 4.74 Å². The number of methoxy groups -OCH3 is 1. The molecule has 1 aromatic rings. The molecule has 3 nitrogen and oxygen atoms in total. The van der Waals surface area contributed by atoms with Crippen LogP contribution in [0.3, 0.4) is 0 Å². The van der Waals surface area contributed by atoms with E-state index in [1.807, 2.05) is 24.4 Å². The molecule has 0 aliphatic carbocycles. The third kappa shape index (κ3) is 1.76. The number of halogens is 1. The molecule has 1 aromatic carbocycles. The standard InChI is InChI=1S/C13H12N2O.ClH/c1-8-13-11(5-6-14-8)10-4-3-9(16-2)7-12(10)15-13;/h3-8H,1-2H3;1H. The van der Waals surface area contributed by atoms with Gasteiger partial charge in [-0.2, -0.15) is 0 Å². The predicted molar refractivity (Wildman–Crippen MR) is 73.3 cm³/mol. The number of hydrogen-bond donors (Lipinski definition) is 0. The van der Waals surface area contributed by atoms with Gasteiger partial charge in [0.25, 0.3) is 0 Å². The van der Waals surface area contributed by atoms with Crippen LogP contribution in [0.15, 0.2) is 34.3 Å². The van der Waals surface area contributed by atoms with E-state index < -0.39 is 0 Å². The van der Waals surface area contributed by atoms with Gasteiger partial charge in [-0.25, -0.2) is 4.99 Å². The summed E-state index contributed by atoms with van der Waals surface area (Å²) in [6.45, 7) is 2.06. The van der Waals surface area contributed by atoms with Gasteiger partial charge in [-0.3, -0.25) is 4.99 Å². The number of hydrogen-bond acceptors (Lipinski definition) is 3. The highest BCUT2D eigenvalue weighted by Gasteiger charge is 2.26. The molecule has 0 saturated heterocycles. The number of rotatable bonds is 1. The second-order valence-corrected chi connectivity index (χ2v) is 3.93. The van der Waals surface area contributed by atoms with Crippen LogP contribution in [0.2, 0.25) is 0 Å². The molecule has 0 aromatic heterocycles. The molecule has 2 aliphatic rings. The topological polar surface area (TPSA) is 34.0 Å². The lowest BCUT2D eigenvalue weighted by Gasteiger charge is -2.12. The minimum atomic E-state index is 0. The number of benzene rings is 1. The molecule has 2 aliphatic heterocycles. The first-order valence-corrected chi connectivity index (χ1v) is 5.30. The van der Waals surface area contributed by atoms with Crippen LogP contribution in [-0.4, -0.2) is 25.1 Å². The van der Waals surface area contributed by atoms with E-state index in [9.17, 15) is 0 Å². The minimum absolute atomic E-state index is 0. The molecular formula is C13H13ClN2O. The van der Waals surface area contributed by atoms with Gasteiger partial charge in [-0.15, -0.1) is 12.4 Å². The molecule has 0 fully saturated rings. The van der Waals surface area contributed by atoms with Crippen molar-refractivity contribution in [3.05, 3.63) is 29.8 Å². The van der Waals surface area contributed by atoms with Crippen molar-refractivity contribution in [3.63, 3.8) is 0 Å². The molecule has 4 heteroatoms. The van der Waals surface area contributed by atoms with Crippen LogP contribution in [0.25, 0.3) is 5.57 Å². The predicted octanol–water partition coefficient (Wildman–Crippen LogP) is 3.06. The Labute approximate surface area is 106 Å². The molecule has 1 unspecified atom stereocenters. The molecular weight excluding hydrogens is 236 g/mol. The van der Waals surface area contributed by atoms with E-state index in [0.29, 0.717) is 0 Å². The van der Waals surface area contributed by atoms with Crippen LogP contribution in [0, 0.1) is 0 Å². The normalized spacial score (nSPS) is 19.8. The van der Waals surface area contributed by atoms with E-state index in [1.165, 1.54) is 11.1 Å². The van der Waals surface area contributed by atoms with Gasteiger partial charge in [0.1, 0.15) is 5.75 Å². The lowest BCUT2D eigenvalue weighted by molar-refractivity contribution is 0.415. The molecule has 0 saturated carbocycles. The summed E-state index contributed by atoms with van der Waals surface area (Å²) in [7, 11) is 1.67. The van der Waals surface area contributed by atoms with Crippen LogP contribution in [-0.2, 0) is 0 Å². The van der Waals surface area contributed by atoms with Gasteiger partial charge in [0.15, 0.2) is 0 Å². The largest absolute Gasteiger partial charge is 0.497 e. The first kappa shape index (κ1) is 11.9. The Morgan fingerprint density at radius 2 is 2.12 bits per heavy atom. The third-order valence-electron chi connectivity index (χ3n) is 2.96. The summed E-state index contributed by atoms with van der Waals surface area (Å²) >= 11 is 0. The van der Waals surface area contributed by atoms with E-state index in [0.717, 1.165) is 17.1 Å². The Hall–Kier alpha value is -1.61. The summed E-state index contributed by atoms with van der Waals surface area (Å²) in [6.07, 6.45) is 3.88. The van der Waals surface area contributed by atoms with Crippen LogP contribution in [0.4, 0.5) is 5.69 Å². The second kappa shape index (κ2) is 4.34. The highest BCUT2D eigenvalue weighted by Crippen LogP contribution is 2.39. The Bertz CT molecular complexity index is 546. The van der Waals surface area contributed by atoms with Crippen molar-refractivity contribution in [1.82, 2.24) is 0 Å². The number of dihydropyridines is 1. The minimum Gasteiger partial charge on any atom is -0.497 e. The summed E-state index contributed by atoms with van der Waals surface area (Å²) in [4.78, 5) is 8.95. The van der Waals surface area contributed by atoms with Gasteiger partial charge in [0.05, 0.1) is 24.6 Å². The Morgan fingerprint density at radius 1 is 1.29 bits per heavy atom. The zero-order valence-electron chi connectivity index (χ0n) is 9.68. The fourth-order valence-corrected chi connectivity index (χ4v) is 2.10. The van der Waals surface area contributed by atoms with Gasteiger partial charge in [-0.05, 0) is 25.1 Å². The number of allylic oxidation sites excluding steroid dienone is 1. The molecule has 1 atom stereocenters. The average Bonchev–Trinajstić information content (AvgIpc) is 2.68. The first-order valence-electron chi connectivity index (χ1n) is 5.30. The van der Waals surface area contributed by atoms with E-state index in [2.05, 4.69) is 23.0 Å². The lowest BCUT2D eigenvalue weighted by Crippen LogP contribution is -2.17. The molecule has 88 valence electrons. The Balaban J connectivity index is 0.00000108. The Morgan fingerprint density at radius 3 is 2.88 bits per heavy atom. The summed E-state index contributed by atoms with van der Waals surface area (Å²) in [5.41, 5.74) is 4.41. The summed E-state index contributed by atoms with van der Waals surface area (Å²) in [5, 5.41) is 0. The van der Waals surface area contributed by atoms with Crippen molar-refractivity contribution in [2.45, 2.75) is 13.0 Å². The quantitative estimate of drug-likeness (QED) is 0.752. The van der Waals surface area contributed by atoms with Crippen molar-refractivity contribution in [2.75, 3.05) is 7.11 Å². The van der Waals surface area contributed by atoms with Crippen LogP contribution >= 0.6 is 12.4 Å². The fourth-order valence-electron chi connectivity index (χ4n) is 2.10. The second-order valence-electron chi connectivity index (χ2n) is 3.93. The van der Waals surface area contributed by atoms with Crippen LogP contribution < -0.4 is 4.74 Å². The van der Waals surface area contributed by atoms with Crippen LogP contribution in [0.5, 0.6) is 5.75 Å². The van der Waals surface area contributed by atoms with E-state index >= 15 is 0 Å². The van der Waals surface area contributed by atoms with Crippen molar-refractivity contribution in [1.29, 1.82) is 0 Å². The zero-order valence-corrected chi connectivity index (χ0v) is 10.5. The summed E-state index contributed by atoms with van der Waals surface area (Å²) < 4.78 is 5.20. The molecule has 0 radical (unpaired) electrons. The maximum absolute atomic E-state index is 5.20. The highest BCUT2D eigenvalue weighted by molar-refractivity contribution is 6.34. The van der Waals surface area contributed by atoms with Gasteiger partial charge in [0.2, 0.25) is 0 Å². The van der Waals surface area contributed by atoms with Crippen molar-refractivity contribution in [3.8, 4) is 5.75 Å². The maximum Gasteiger partial charge on any atom is 0.121 e. The van der Waals surface area contributed by atoms with Crippen molar-refractivity contribution < 1.29 is 4.74 Å². The highest BCUT2D eigenvalue weighted by atomic mass is 35.5. The molecule has 0 spiro atoms. The first-order chi connectivity index (χ1) is 7.79. The molecule has 0 bridgehead atoms. The monoisotopic (exact) mass is 248 g/mol. The van der Waals surface area contributed by atoms with Gasteiger partial charge in [-0.1, -0.05) is 0 Å². The fraction of sp³-hybridized carbons (Fsp3) is 0.231. The van der Waals surface area contributed by atoms with Gasteiger partial charge < -0.3 is 4.74 Å². The van der Waals surface area contributed by atoms with Crippen molar-refractivity contribution >= 4 is 35.6 Å². The van der Waals surface area contributed by atoms with E-state index in [-0.39, 0.29) is 18.4 Å². The van der Waals surface area contributed by atoms with E-state index in [1.54, 1.807) is 7.11 Å². The summed E-state index contributed by atoms with van der Waals surface area (Å²) in [6, 6.07) is 6.14. The zero-order chi connectivity index (χ0) is 11.1. The molecule has 3 rings (SSSR count). The molecule has 0 amide bonds. The maximum atomic E-state index is 5.20. The van der Waals surface area contributed by atoms with Gasteiger partial charge in [0, 0.05) is 23.4 Å². The molecule has 17 heavy (non-hydrogen) atoms. The number of aliphatic imine (C=N–C) groups is 2. The van der Waals surface area contributed by atoms with Crippen LogP contribution in [0.1, 0.15) is 12.5 Å². The SMILES string of the molecule is COc1ccc2c(c1)N=C1C2=CC=NC1C.Cl.